The third-order valence-corrected chi connectivity index (χ3v) is 5.02. The lowest BCUT2D eigenvalue weighted by atomic mass is 10.1. The van der Waals surface area contributed by atoms with E-state index in [-0.39, 0.29) is 4.90 Å². The van der Waals surface area contributed by atoms with Gasteiger partial charge >= 0.3 is 0 Å². The molecule has 5 nitrogen and oxygen atoms in total. The van der Waals surface area contributed by atoms with Crippen LogP contribution < -0.4 is 4.72 Å². The molecule has 1 aromatic heterocycles. The predicted octanol–water partition coefficient (Wildman–Crippen LogP) is 4.11. The first-order chi connectivity index (χ1) is 11.9. The quantitative estimate of drug-likeness (QED) is 0.729. The maximum Gasteiger partial charge on any atom is 0.261 e. The van der Waals surface area contributed by atoms with E-state index in [1.165, 1.54) is 24.3 Å². The normalized spacial score (nSPS) is 12.2. The van der Waals surface area contributed by atoms with Crippen molar-refractivity contribution in [2.45, 2.75) is 11.8 Å². The van der Waals surface area contributed by atoms with Crippen LogP contribution in [0.5, 0.6) is 0 Å². The van der Waals surface area contributed by atoms with E-state index >= 15 is 0 Å². The van der Waals surface area contributed by atoms with Crippen molar-refractivity contribution in [1.82, 2.24) is 9.88 Å². The van der Waals surface area contributed by atoms with Crippen molar-refractivity contribution in [1.29, 1.82) is 0 Å². The first kappa shape index (κ1) is 17.3. The number of hydrogen-bond donors (Lipinski definition) is 1. The Kier molecular flexibility index (Phi) is 4.92. The highest BCUT2D eigenvalue weighted by atomic mass is 35.5. The molecule has 1 N–H and O–H groups in total. The minimum absolute atomic E-state index is 0.107. The van der Waals surface area contributed by atoms with Crippen molar-refractivity contribution in [3.63, 3.8) is 0 Å². The fraction of sp³-hybridized carbons (Fsp3) is 0.0556. The van der Waals surface area contributed by atoms with Gasteiger partial charge in [-0.25, -0.2) is 8.42 Å². The van der Waals surface area contributed by atoms with E-state index in [0.29, 0.717) is 22.2 Å². The molecule has 128 valence electrons. The summed E-state index contributed by atoms with van der Waals surface area (Å²) in [6.45, 7) is 1.74. The highest BCUT2D eigenvalue weighted by Crippen LogP contribution is 2.20. The summed E-state index contributed by atoms with van der Waals surface area (Å²) in [4.78, 5) is 0.107. The number of rotatable bonds is 5. The molecule has 0 spiro atoms. The van der Waals surface area contributed by atoms with Gasteiger partial charge in [0.15, 0.2) is 0 Å². The van der Waals surface area contributed by atoms with Crippen LogP contribution in [0.15, 0.2) is 70.1 Å². The van der Waals surface area contributed by atoms with Gasteiger partial charge in [-0.15, -0.1) is 0 Å². The van der Waals surface area contributed by atoms with Crippen molar-refractivity contribution in [3.8, 4) is 0 Å². The number of halogens is 1. The van der Waals surface area contributed by atoms with Gasteiger partial charge in [0.25, 0.3) is 10.0 Å². The predicted molar refractivity (Wildman–Crippen MR) is 97.3 cm³/mol. The molecule has 3 rings (SSSR count). The van der Waals surface area contributed by atoms with E-state index in [1.54, 1.807) is 19.1 Å². The van der Waals surface area contributed by atoms with Gasteiger partial charge in [-0.05, 0) is 42.8 Å². The van der Waals surface area contributed by atoms with Crippen LogP contribution >= 0.6 is 11.6 Å². The van der Waals surface area contributed by atoms with Gasteiger partial charge in [0, 0.05) is 11.1 Å². The van der Waals surface area contributed by atoms with Gasteiger partial charge < -0.3 is 4.52 Å². The van der Waals surface area contributed by atoms with Crippen molar-refractivity contribution in [2.24, 2.45) is 0 Å². The third-order valence-electron chi connectivity index (χ3n) is 3.38. The minimum atomic E-state index is -3.79. The zero-order valence-electron chi connectivity index (χ0n) is 13.3. The Balaban J connectivity index is 2.00. The zero-order valence-corrected chi connectivity index (χ0v) is 14.9. The topological polar surface area (TPSA) is 72.2 Å². The molecule has 0 saturated carbocycles. The molecular formula is C18H15ClN2O3S. The second-order valence-corrected chi connectivity index (χ2v) is 7.47. The second kappa shape index (κ2) is 7.13. The summed E-state index contributed by atoms with van der Waals surface area (Å²) in [6, 6.07) is 16.9. The lowest BCUT2D eigenvalue weighted by Crippen LogP contribution is -2.22. The van der Waals surface area contributed by atoms with Gasteiger partial charge in [0.1, 0.15) is 11.5 Å². The van der Waals surface area contributed by atoms with Crippen LogP contribution in [0.3, 0.4) is 0 Å². The van der Waals surface area contributed by atoms with E-state index in [2.05, 4.69) is 9.88 Å². The summed E-state index contributed by atoms with van der Waals surface area (Å²) in [5.74, 6) is 0.583. The summed E-state index contributed by atoms with van der Waals surface area (Å²) in [5, 5.41) is 4.38. The first-order valence-corrected chi connectivity index (χ1v) is 9.29. The summed E-state index contributed by atoms with van der Waals surface area (Å²) >= 11 is 5.82. The highest BCUT2D eigenvalue weighted by Gasteiger charge is 2.18. The Bertz CT molecular complexity index is 994. The number of aromatic nitrogens is 1. The van der Waals surface area contributed by atoms with Crippen molar-refractivity contribution >= 4 is 33.4 Å². The largest absolute Gasteiger partial charge is 0.361 e. The fourth-order valence-corrected chi connectivity index (χ4v) is 3.37. The van der Waals surface area contributed by atoms with Crippen molar-refractivity contribution < 1.29 is 12.9 Å². The molecular weight excluding hydrogens is 360 g/mol. The van der Waals surface area contributed by atoms with Crippen LogP contribution in [0, 0.1) is 6.92 Å². The molecule has 0 bridgehead atoms. The van der Waals surface area contributed by atoms with E-state index in [1.807, 2.05) is 30.3 Å². The molecule has 0 amide bonds. The average molecular weight is 375 g/mol. The summed E-state index contributed by atoms with van der Waals surface area (Å²) in [7, 11) is -3.79. The summed E-state index contributed by atoms with van der Waals surface area (Å²) in [5.41, 5.74) is 1.55. The van der Waals surface area contributed by atoms with E-state index in [0.717, 1.165) is 5.56 Å². The Hall–Kier alpha value is -2.57. The number of hydrogen-bond acceptors (Lipinski definition) is 4. The number of sulfonamides is 1. The van der Waals surface area contributed by atoms with Crippen LogP contribution in [0.25, 0.3) is 11.8 Å². The second-order valence-electron chi connectivity index (χ2n) is 5.35. The van der Waals surface area contributed by atoms with Crippen LogP contribution in [0.2, 0.25) is 5.02 Å². The molecule has 1 heterocycles. The van der Waals surface area contributed by atoms with E-state index < -0.39 is 10.0 Å². The van der Waals surface area contributed by atoms with Gasteiger partial charge in [-0.3, -0.25) is 4.72 Å². The van der Waals surface area contributed by atoms with Gasteiger partial charge in [-0.1, -0.05) is 47.1 Å². The molecule has 0 radical (unpaired) electrons. The fourth-order valence-electron chi connectivity index (χ4n) is 2.18. The number of benzene rings is 2. The third kappa shape index (κ3) is 4.29. The van der Waals surface area contributed by atoms with Crippen LogP contribution in [0.4, 0.5) is 0 Å². The van der Waals surface area contributed by atoms with Crippen LogP contribution in [-0.2, 0) is 10.0 Å². The standard InChI is InChI=1S/C18H15ClN2O3S/c1-13-11-17(20-24-13)18(12-14-5-3-2-4-6-14)21-25(22,23)16-9-7-15(19)8-10-16/h2-12,21H,1H3. The number of nitrogens with zero attached hydrogens (tertiary/aromatic N) is 1. The highest BCUT2D eigenvalue weighted by molar-refractivity contribution is 7.89. The number of nitrogens with one attached hydrogen (secondary N) is 1. The monoisotopic (exact) mass is 374 g/mol. The van der Waals surface area contributed by atoms with Gasteiger partial charge in [-0.2, -0.15) is 0 Å². The molecule has 0 unspecified atom stereocenters. The Labute approximate surface area is 151 Å². The molecule has 0 aliphatic rings. The Morgan fingerprint density at radius 2 is 1.80 bits per heavy atom. The molecule has 3 aromatic rings. The molecule has 25 heavy (non-hydrogen) atoms. The maximum atomic E-state index is 12.7. The van der Waals surface area contributed by atoms with Crippen molar-refractivity contribution in [3.05, 3.63) is 82.7 Å². The van der Waals surface area contributed by atoms with Crippen molar-refractivity contribution in [2.75, 3.05) is 0 Å². The van der Waals surface area contributed by atoms with Gasteiger partial charge in [0.2, 0.25) is 0 Å². The summed E-state index contributed by atoms with van der Waals surface area (Å²) in [6.07, 6.45) is 1.70. The van der Waals surface area contributed by atoms with Crippen LogP contribution in [-0.4, -0.2) is 13.6 Å². The Morgan fingerprint density at radius 1 is 1.12 bits per heavy atom. The maximum absolute atomic E-state index is 12.7. The van der Waals surface area contributed by atoms with E-state index in [4.69, 9.17) is 16.1 Å². The molecule has 0 atom stereocenters. The van der Waals surface area contributed by atoms with E-state index in [9.17, 15) is 8.42 Å². The van der Waals surface area contributed by atoms with Crippen LogP contribution in [0.1, 0.15) is 17.0 Å². The molecule has 0 fully saturated rings. The SMILES string of the molecule is Cc1cc(C(=Cc2ccccc2)NS(=O)(=O)c2ccc(Cl)cc2)no1. The summed E-state index contributed by atoms with van der Waals surface area (Å²) < 4.78 is 33.0. The molecule has 7 heteroatoms. The number of aryl methyl sites for hydroxylation is 1. The smallest absolute Gasteiger partial charge is 0.261 e. The lowest BCUT2D eigenvalue weighted by molar-refractivity contribution is 0.395. The molecule has 0 aliphatic heterocycles. The van der Waals surface area contributed by atoms with Gasteiger partial charge in [0.05, 0.1) is 10.6 Å². The molecule has 2 aromatic carbocycles. The average Bonchev–Trinajstić information content (AvgIpc) is 3.02. The zero-order chi connectivity index (χ0) is 17.9. The molecule has 0 saturated heterocycles. The Morgan fingerprint density at radius 3 is 2.40 bits per heavy atom. The first-order valence-electron chi connectivity index (χ1n) is 7.43. The minimum Gasteiger partial charge on any atom is -0.361 e. The lowest BCUT2D eigenvalue weighted by Gasteiger charge is -2.10. The molecule has 0 aliphatic carbocycles.